The van der Waals surface area contributed by atoms with Gasteiger partial charge in [0.2, 0.25) is 0 Å². The van der Waals surface area contributed by atoms with Crippen molar-refractivity contribution in [3.8, 4) is 0 Å². The molecular weight excluding hydrogens is 244 g/mol. The van der Waals surface area contributed by atoms with E-state index >= 15 is 0 Å². The molecule has 0 radical (unpaired) electrons. The number of carboxylic acids is 1. The Morgan fingerprint density at radius 2 is 1.69 bits per heavy atom. The van der Waals surface area contributed by atoms with E-state index in [1.54, 1.807) is 6.07 Å². The van der Waals surface area contributed by atoms with Crippen molar-refractivity contribution < 1.29 is 27.0 Å². The summed E-state index contributed by atoms with van der Waals surface area (Å²) in [4.78, 5) is 9.94. The Labute approximate surface area is 106 Å². The van der Waals surface area contributed by atoms with Crippen LogP contribution in [0.5, 0.6) is 0 Å². The first kappa shape index (κ1) is 14.7. The van der Waals surface area contributed by atoms with Gasteiger partial charge in [-0.05, 0) is 6.42 Å². The maximum atomic E-state index is 9.94. The molecule has 0 aliphatic carbocycles. The minimum atomic E-state index is -1.05. The Morgan fingerprint density at radius 3 is 2.06 bits per heavy atom. The molecule has 2 nitrogen and oxygen atoms in total. The van der Waals surface area contributed by atoms with Gasteiger partial charge in [-0.15, -0.1) is 0 Å². The Hall–Kier alpha value is -1.31. The van der Waals surface area contributed by atoms with Gasteiger partial charge in [-0.25, -0.2) is 6.42 Å². The maximum Gasteiger partial charge on any atom is 0.0389 e. The number of carbonyl (C=O) groups is 1. The molecule has 0 aliphatic rings. The third-order valence-corrected chi connectivity index (χ3v) is 1.42. The monoisotopic (exact) mass is 249 g/mol. The standard InChI is InChI=1S/C8H5O2.C5H.Fe/c9-8(10)6-5-7-3-1-2-4-7;1-2-4-5-3-1;/h5-6H2,(H,9,10);1H;/q2*-5;/p-1. The predicted molar refractivity (Wildman–Crippen MR) is 48.1 cm³/mol. The van der Waals surface area contributed by atoms with Gasteiger partial charge in [0.05, 0.1) is 0 Å². The zero-order valence-electron chi connectivity index (χ0n) is 8.16. The summed E-state index contributed by atoms with van der Waals surface area (Å²) in [6.45, 7) is 0. The number of rotatable bonds is 3. The van der Waals surface area contributed by atoms with Crippen LogP contribution in [-0.2, 0) is 28.3 Å². The van der Waals surface area contributed by atoms with E-state index in [0.717, 1.165) is 0 Å². The second-order valence-electron chi connectivity index (χ2n) is 2.53. The Morgan fingerprint density at radius 1 is 1.12 bits per heavy atom. The first-order valence-electron chi connectivity index (χ1n) is 4.19. The fraction of sp³-hybridized carbons (Fsp3) is 0.154. The molecule has 2 aromatic carbocycles. The van der Waals surface area contributed by atoms with E-state index in [0.29, 0.717) is 12.0 Å². The molecule has 0 saturated carbocycles. The van der Waals surface area contributed by atoms with E-state index in [1.807, 2.05) is 0 Å². The van der Waals surface area contributed by atoms with E-state index in [4.69, 9.17) is 0 Å². The largest absolute Gasteiger partial charge is 0.999 e. The molecule has 0 unspecified atom stereocenters. The molecule has 0 N–H and O–H groups in total. The van der Waals surface area contributed by atoms with E-state index in [9.17, 15) is 9.90 Å². The van der Waals surface area contributed by atoms with Crippen LogP contribution in [0.4, 0.5) is 0 Å². The minimum Gasteiger partial charge on any atom is -0.999 e. The Kier molecular flexibility index (Phi) is 8.22. The van der Waals surface area contributed by atoms with Gasteiger partial charge in [0.25, 0.3) is 0 Å². The summed E-state index contributed by atoms with van der Waals surface area (Å²) < 4.78 is 0. The molecule has 0 heterocycles. The smallest absolute Gasteiger partial charge is 0.0389 e. The normalized spacial score (nSPS) is 8.50. The summed E-state index contributed by atoms with van der Waals surface area (Å²) in [7, 11) is 0. The summed E-state index contributed by atoms with van der Waals surface area (Å²) in [5.41, 5.74) is 0.698. The third kappa shape index (κ3) is 7.04. The molecule has 0 fully saturated rings. The SMILES string of the molecule is O=C([O-])CC[c-]1[c-][c-][c-][c-]1.[Fe].[c-]1[c-][c-][cH-][c-]1. The van der Waals surface area contributed by atoms with Crippen LogP contribution in [0.2, 0.25) is 0 Å². The maximum absolute atomic E-state index is 9.94. The minimum absolute atomic E-state index is 0. The second-order valence-corrected chi connectivity index (χ2v) is 2.53. The van der Waals surface area contributed by atoms with Crippen LogP contribution in [0.15, 0.2) is 6.07 Å². The first-order chi connectivity index (χ1) is 7.29. The number of hydrogen-bond acceptors (Lipinski definition) is 2. The Balaban J connectivity index is 0.000000318. The average Bonchev–Trinajstić information content (AvgIpc) is 2.91. The zero-order valence-corrected chi connectivity index (χ0v) is 9.27. The van der Waals surface area contributed by atoms with Crippen LogP contribution in [0.1, 0.15) is 12.0 Å². The van der Waals surface area contributed by atoms with Crippen LogP contribution in [-0.4, -0.2) is 5.97 Å². The first-order valence-corrected chi connectivity index (χ1v) is 4.19. The Bertz CT molecular complexity index is 332. The molecule has 0 aliphatic heterocycles. The fourth-order valence-corrected chi connectivity index (χ4v) is 0.777. The van der Waals surface area contributed by atoms with Crippen molar-refractivity contribution in [2.45, 2.75) is 12.8 Å². The number of hydrogen-bond donors (Lipinski definition) is 0. The number of carbonyl (C=O) groups excluding carboxylic acids is 1. The van der Waals surface area contributed by atoms with Crippen LogP contribution >= 0.6 is 0 Å². The molecule has 0 spiro atoms. The van der Waals surface area contributed by atoms with Crippen molar-refractivity contribution in [3.63, 3.8) is 0 Å². The summed E-state index contributed by atoms with van der Waals surface area (Å²) in [5.74, 6) is -1.05. The zero-order chi connectivity index (χ0) is 10.9. The topological polar surface area (TPSA) is 40.1 Å². The molecule has 2 aromatic rings. The molecule has 16 heavy (non-hydrogen) atoms. The van der Waals surface area contributed by atoms with Gasteiger partial charge >= 0.3 is 0 Å². The van der Waals surface area contributed by atoms with Crippen molar-refractivity contribution in [1.82, 2.24) is 0 Å². The summed E-state index contributed by atoms with van der Waals surface area (Å²) in [5, 5.41) is 9.94. The van der Waals surface area contributed by atoms with Gasteiger partial charge in [-0.3, -0.25) is 0 Å². The average molecular weight is 249 g/mol. The van der Waals surface area contributed by atoms with Gasteiger partial charge in [0, 0.05) is 23.0 Å². The molecule has 0 aromatic heterocycles. The number of aryl methyl sites for hydroxylation is 1. The second kappa shape index (κ2) is 8.95. The van der Waals surface area contributed by atoms with Crippen molar-refractivity contribution in [2.75, 3.05) is 0 Å². The molecule has 0 bridgehead atoms. The van der Waals surface area contributed by atoms with Gasteiger partial charge in [0.1, 0.15) is 0 Å². The number of aliphatic carboxylic acids is 1. The van der Waals surface area contributed by atoms with Gasteiger partial charge < -0.3 is 70.1 Å². The molecule has 0 amide bonds. The van der Waals surface area contributed by atoms with Crippen molar-refractivity contribution in [1.29, 1.82) is 0 Å². The molecule has 2 rings (SSSR count). The quantitative estimate of drug-likeness (QED) is 0.562. The molecule has 0 saturated heterocycles. The number of carboxylic acid groups (broad SMARTS) is 1. The molecule has 0 atom stereocenters. The predicted octanol–water partition coefficient (Wildman–Crippen LogP) is -0.107. The van der Waals surface area contributed by atoms with Gasteiger partial charge in [-0.2, -0.15) is 0 Å². The molecule has 88 valence electrons. The van der Waals surface area contributed by atoms with Crippen molar-refractivity contribution in [3.05, 3.63) is 60.2 Å². The summed E-state index contributed by atoms with van der Waals surface area (Å²) in [6.07, 6.45) is 0.418. The van der Waals surface area contributed by atoms with Crippen molar-refractivity contribution >= 4 is 5.97 Å². The van der Waals surface area contributed by atoms with E-state index in [2.05, 4.69) is 48.5 Å². The molecular formula is C13H5FeO2-11. The van der Waals surface area contributed by atoms with Crippen LogP contribution in [0.25, 0.3) is 0 Å². The van der Waals surface area contributed by atoms with E-state index in [-0.39, 0.29) is 23.5 Å². The summed E-state index contributed by atoms with van der Waals surface area (Å²) >= 11 is 0. The molecule has 3 heteroatoms. The third-order valence-electron chi connectivity index (χ3n) is 1.42. The van der Waals surface area contributed by atoms with Crippen LogP contribution in [0.3, 0.4) is 0 Å². The van der Waals surface area contributed by atoms with E-state index in [1.165, 1.54) is 0 Å². The fourth-order valence-electron chi connectivity index (χ4n) is 0.777. The van der Waals surface area contributed by atoms with Crippen LogP contribution in [0, 0.1) is 48.5 Å². The van der Waals surface area contributed by atoms with Gasteiger partial charge in [0.15, 0.2) is 0 Å². The van der Waals surface area contributed by atoms with Crippen LogP contribution < -0.4 is 5.11 Å². The van der Waals surface area contributed by atoms with E-state index < -0.39 is 5.97 Å². The van der Waals surface area contributed by atoms with Crippen molar-refractivity contribution in [2.24, 2.45) is 0 Å². The van der Waals surface area contributed by atoms with Gasteiger partial charge in [-0.1, -0.05) is 0 Å². The summed E-state index contributed by atoms with van der Waals surface area (Å²) in [6, 6.07) is 22.4.